The fourth-order valence-corrected chi connectivity index (χ4v) is 2.07. The van der Waals surface area contributed by atoms with Gasteiger partial charge in [-0.2, -0.15) is 0 Å². The van der Waals surface area contributed by atoms with Crippen LogP contribution in [0, 0.1) is 5.92 Å². The van der Waals surface area contributed by atoms with Gasteiger partial charge in [-0.05, 0) is 39.2 Å². The van der Waals surface area contributed by atoms with Crippen LogP contribution >= 0.6 is 0 Å². The number of ether oxygens (including phenoxy) is 1. The summed E-state index contributed by atoms with van der Waals surface area (Å²) in [5, 5.41) is 13.7. The Bertz CT molecular complexity index is 182. The Morgan fingerprint density at radius 1 is 1.57 bits per heavy atom. The monoisotopic (exact) mass is 201 g/mol. The summed E-state index contributed by atoms with van der Waals surface area (Å²) < 4.78 is 5.21. The molecule has 84 valence electrons. The first-order chi connectivity index (χ1) is 6.48. The number of aliphatic hydroxyl groups is 1. The largest absolute Gasteiger partial charge is 0.386 e. The number of rotatable bonds is 3. The Hall–Kier alpha value is -0.120. The highest BCUT2D eigenvalue weighted by molar-refractivity contribution is 4.95. The minimum Gasteiger partial charge on any atom is -0.386 e. The zero-order valence-electron chi connectivity index (χ0n) is 9.71. The summed E-state index contributed by atoms with van der Waals surface area (Å²) in [7, 11) is 1.64. The molecule has 1 heterocycles. The first-order valence-electron chi connectivity index (χ1n) is 5.47. The predicted molar refractivity (Wildman–Crippen MR) is 57.3 cm³/mol. The molecular formula is C11H23NO2. The maximum atomic E-state index is 10.3. The van der Waals surface area contributed by atoms with Crippen molar-refractivity contribution in [3.63, 3.8) is 0 Å². The molecule has 0 aromatic carbocycles. The molecule has 0 aromatic rings. The van der Waals surface area contributed by atoms with E-state index in [2.05, 4.69) is 12.2 Å². The van der Waals surface area contributed by atoms with Crippen LogP contribution in [0.4, 0.5) is 0 Å². The van der Waals surface area contributed by atoms with Gasteiger partial charge in [-0.25, -0.2) is 0 Å². The minimum absolute atomic E-state index is 0.134. The van der Waals surface area contributed by atoms with Crippen LogP contribution in [0.1, 0.15) is 33.6 Å². The van der Waals surface area contributed by atoms with Gasteiger partial charge in [-0.1, -0.05) is 6.92 Å². The van der Waals surface area contributed by atoms with Crippen LogP contribution in [0.2, 0.25) is 0 Å². The third-order valence-corrected chi connectivity index (χ3v) is 3.55. The van der Waals surface area contributed by atoms with Gasteiger partial charge < -0.3 is 15.2 Å². The third-order valence-electron chi connectivity index (χ3n) is 3.55. The Morgan fingerprint density at radius 2 is 2.21 bits per heavy atom. The zero-order valence-corrected chi connectivity index (χ0v) is 9.71. The van der Waals surface area contributed by atoms with Gasteiger partial charge in [0.05, 0.1) is 6.10 Å². The molecule has 3 nitrogen and oxygen atoms in total. The Labute approximate surface area is 86.8 Å². The van der Waals surface area contributed by atoms with Gasteiger partial charge in [0.2, 0.25) is 0 Å². The maximum Gasteiger partial charge on any atom is 0.103 e. The summed E-state index contributed by atoms with van der Waals surface area (Å²) in [5.41, 5.74) is -0.774. The molecule has 1 fully saturated rings. The van der Waals surface area contributed by atoms with Gasteiger partial charge in [-0.3, -0.25) is 0 Å². The number of nitrogens with one attached hydrogen (secondary N) is 1. The molecule has 14 heavy (non-hydrogen) atoms. The minimum atomic E-state index is -0.774. The van der Waals surface area contributed by atoms with Crippen molar-refractivity contribution in [1.82, 2.24) is 5.32 Å². The van der Waals surface area contributed by atoms with Gasteiger partial charge in [0.15, 0.2) is 0 Å². The molecule has 0 aliphatic carbocycles. The summed E-state index contributed by atoms with van der Waals surface area (Å²) >= 11 is 0. The third kappa shape index (κ3) is 2.47. The van der Waals surface area contributed by atoms with Crippen LogP contribution in [-0.4, -0.2) is 36.5 Å². The van der Waals surface area contributed by atoms with Crippen molar-refractivity contribution in [3.05, 3.63) is 0 Å². The predicted octanol–water partition coefficient (Wildman–Crippen LogP) is 1.16. The van der Waals surface area contributed by atoms with Crippen molar-refractivity contribution < 1.29 is 9.84 Å². The zero-order chi connectivity index (χ0) is 10.8. The second kappa shape index (κ2) is 4.60. The van der Waals surface area contributed by atoms with Crippen molar-refractivity contribution >= 4 is 0 Å². The lowest BCUT2D eigenvalue weighted by molar-refractivity contribution is -0.101. The van der Waals surface area contributed by atoms with Crippen molar-refractivity contribution in [2.45, 2.75) is 51.4 Å². The van der Waals surface area contributed by atoms with Crippen LogP contribution < -0.4 is 5.32 Å². The van der Waals surface area contributed by atoms with E-state index in [-0.39, 0.29) is 12.1 Å². The van der Waals surface area contributed by atoms with E-state index in [1.807, 2.05) is 13.8 Å². The smallest absolute Gasteiger partial charge is 0.103 e. The first kappa shape index (κ1) is 12.0. The van der Waals surface area contributed by atoms with Crippen LogP contribution in [0.25, 0.3) is 0 Å². The molecule has 1 rings (SSSR count). The summed E-state index contributed by atoms with van der Waals surface area (Å²) in [5.74, 6) is 0.691. The molecule has 4 atom stereocenters. The molecule has 0 radical (unpaired) electrons. The summed E-state index contributed by atoms with van der Waals surface area (Å²) in [6, 6.07) is 0.154. The van der Waals surface area contributed by atoms with Gasteiger partial charge in [0, 0.05) is 13.2 Å². The average molecular weight is 201 g/mol. The normalized spacial score (nSPS) is 34.9. The highest BCUT2D eigenvalue weighted by atomic mass is 16.5. The highest BCUT2D eigenvalue weighted by Crippen LogP contribution is 2.26. The molecule has 1 aliphatic heterocycles. The van der Waals surface area contributed by atoms with Crippen molar-refractivity contribution in [2.75, 3.05) is 13.7 Å². The SMILES string of the molecule is COC(C)C(C)(O)C1CC(C)CCN1. The molecule has 0 amide bonds. The van der Waals surface area contributed by atoms with Crippen molar-refractivity contribution in [1.29, 1.82) is 0 Å². The molecule has 3 heteroatoms. The summed E-state index contributed by atoms with van der Waals surface area (Å²) in [6.07, 6.45) is 2.10. The molecule has 2 N–H and O–H groups in total. The van der Waals surface area contributed by atoms with Gasteiger partial charge in [0.25, 0.3) is 0 Å². The van der Waals surface area contributed by atoms with E-state index in [0.29, 0.717) is 5.92 Å². The number of hydrogen-bond donors (Lipinski definition) is 2. The van der Waals surface area contributed by atoms with Crippen molar-refractivity contribution in [3.8, 4) is 0 Å². The number of hydrogen-bond acceptors (Lipinski definition) is 3. The van der Waals surface area contributed by atoms with E-state index in [9.17, 15) is 5.11 Å². The van der Waals surface area contributed by atoms with Gasteiger partial charge in [-0.15, -0.1) is 0 Å². The lowest BCUT2D eigenvalue weighted by atomic mass is 9.82. The molecular weight excluding hydrogens is 178 g/mol. The molecule has 4 unspecified atom stereocenters. The molecule has 1 saturated heterocycles. The lowest BCUT2D eigenvalue weighted by Crippen LogP contribution is -2.58. The number of methoxy groups -OCH3 is 1. The van der Waals surface area contributed by atoms with E-state index in [1.54, 1.807) is 7.11 Å². The highest BCUT2D eigenvalue weighted by Gasteiger charge is 2.39. The molecule has 0 aromatic heterocycles. The summed E-state index contributed by atoms with van der Waals surface area (Å²) in [6.45, 7) is 7.01. The van der Waals surface area contributed by atoms with E-state index < -0.39 is 5.60 Å². The second-order valence-corrected chi connectivity index (χ2v) is 4.74. The van der Waals surface area contributed by atoms with E-state index in [0.717, 1.165) is 13.0 Å². The Balaban J connectivity index is 2.61. The van der Waals surface area contributed by atoms with Gasteiger partial charge in [0.1, 0.15) is 5.60 Å². The van der Waals surface area contributed by atoms with E-state index in [4.69, 9.17) is 4.74 Å². The molecule has 0 saturated carbocycles. The van der Waals surface area contributed by atoms with Crippen LogP contribution in [0.5, 0.6) is 0 Å². The molecule has 1 aliphatic rings. The van der Waals surface area contributed by atoms with Crippen LogP contribution in [-0.2, 0) is 4.74 Å². The molecule has 0 spiro atoms. The molecule has 0 bridgehead atoms. The quantitative estimate of drug-likeness (QED) is 0.720. The van der Waals surface area contributed by atoms with E-state index in [1.165, 1.54) is 6.42 Å². The van der Waals surface area contributed by atoms with Crippen LogP contribution in [0.3, 0.4) is 0 Å². The fraction of sp³-hybridized carbons (Fsp3) is 1.00. The second-order valence-electron chi connectivity index (χ2n) is 4.74. The Morgan fingerprint density at radius 3 is 2.71 bits per heavy atom. The van der Waals surface area contributed by atoms with Crippen molar-refractivity contribution in [2.24, 2.45) is 5.92 Å². The Kier molecular flexibility index (Phi) is 3.93. The summed E-state index contributed by atoms with van der Waals surface area (Å²) in [4.78, 5) is 0. The van der Waals surface area contributed by atoms with Crippen LogP contribution in [0.15, 0.2) is 0 Å². The topological polar surface area (TPSA) is 41.5 Å². The standard InChI is InChI=1S/C11H23NO2/c1-8-5-6-12-10(7-8)11(3,13)9(2)14-4/h8-10,12-13H,5-7H2,1-4H3. The maximum absolute atomic E-state index is 10.3. The lowest BCUT2D eigenvalue weighted by Gasteiger charge is -2.41. The van der Waals surface area contributed by atoms with Gasteiger partial charge >= 0.3 is 0 Å². The average Bonchev–Trinajstić information content (AvgIpc) is 2.16. The van der Waals surface area contributed by atoms with E-state index >= 15 is 0 Å². The first-order valence-corrected chi connectivity index (χ1v) is 5.47. The number of piperidine rings is 1. The fourth-order valence-electron chi connectivity index (χ4n) is 2.07.